The summed E-state index contributed by atoms with van der Waals surface area (Å²) in [6, 6.07) is 3.98. The fourth-order valence-corrected chi connectivity index (χ4v) is 4.38. The first-order valence-electron chi connectivity index (χ1n) is 8.17. The molecule has 1 atom stereocenters. The SMILES string of the molecule is Cc1cc(NC(=O)c2cc3c(s2)CCC(C(C)(C)C)C3)n(C)n1. The Labute approximate surface area is 141 Å². The zero-order chi connectivity index (χ0) is 16.8. The lowest BCUT2D eigenvalue weighted by Gasteiger charge is -2.33. The molecule has 2 aromatic heterocycles. The molecule has 0 aliphatic heterocycles. The van der Waals surface area contributed by atoms with Gasteiger partial charge in [0.25, 0.3) is 5.91 Å². The molecule has 0 saturated heterocycles. The average Bonchev–Trinajstić information content (AvgIpc) is 3.00. The largest absolute Gasteiger partial charge is 0.306 e. The molecule has 0 aromatic carbocycles. The van der Waals surface area contributed by atoms with E-state index in [1.807, 2.05) is 20.0 Å². The second-order valence-corrected chi connectivity index (χ2v) is 8.75. The minimum absolute atomic E-state index is 0.0280. The van der Waals surface area contributed by atoms with E-state index in [0.717, 1.165) is 29.2 Å². The average molecular weight is 331 g/mol. The van der Waals surface area contributed by atoms with Gasteiger partial charge in [-0.15, -0.1) is 11.3 Å². The maximum Gasteiger partial charge on any atom is 0.266 e. The molecule has 2 aromatic rings. The first-order chi connectivity index (χ1) is 10.7. The van der Waals surface area contributed by atoms with Gasteiger partial charge in [0.15, 0.2) is 0 Å². The van der Waals surface area contributed by atoms with Crippen LogP contribution in [-0.4, -0.2) is 15.7 Å². The number of nitrogens with zero attached hydrogens (tertiary/aromatic N) is 2. The minimum Gasteiger partial charge on any atom is -0.306 e. The normalized spacial score (nSPS) is 17.9. The van der Waals surface area contributed by atoms with Crippen LogP contribution in [0.4, 0.5) is 5.82 Å². The first kappa shape index (κ1) is 16.2. The predicted octanol–water partition coefficient (Wildman–Crippen LogP) is 4.19. The fourth-order valence-electron chi connectivity index (χ4n) is 3.28. The fraction of sp³-hybridized carbons (Fsp3) is 0.556. The number of rotatable bonds is 2. The van der Waals surface area contributed by atoms with Crippen LogP contribution in [0.5, 0.6) is 0 Å². The van der Waals surface area contributed by atoms with Gasteiger partial charge in [0.2, 0.25) is 0 Å². The number of anilines is 1. The van der Waals surface area contributed by atoms with Gasteiger partial charge in [-0.2, -0.15) is 5.10 Å². The van der Waals surface area contributed by atoms with E-state index in [4.69, 9.17) is 0 Å². The quantitative estimate of drug-likeness (QED) is 0.897. The highest BCUT2D eigenvalue weighted by atomic mass is 32.1. The van der Waals surface area contributed by atoms with Crippen LogP contribution in [-0.2, 0) is 19.9 Å². The van der Waals surface area contributed by atoms with Crippen LogP contribution < -0.4 is 5.32 Å². The van der Waals surface area contributed by atoms with Crippen molar-refractivity contribution >= 4 is 23.1 Å². The molecule has 2 heterocycles. The summed E-state index contributed by atoms with van der Waals surface area (Å²) in [5.74, 6) is 1.41. The van der Waals surface area contributed by atoms with Gasteiger partial charge in [-0.05, 0) is 49.1 Å². The van der Waals surface area contributed by atoms with Crippen LogP contribution in [0.15, 0.2) is 12.1 Å². The number of aromatic nitrogens is 2. The molecule has 1 unspecified atom stereocenters. The van der Waals surface area contributed by atoms with Crippen molar-refractivity contribution in [3.8, 4) is 0 Å². The smallest absolute Gasteiger partial charge is 0.266 e. The van der Waals surface area contributed by atoms with E-state index in [2.05, 4.69) is 37.3 Å². The summed E-state index contributed by atoms with van der Waals surface area (Å²) in [5, 5.41) is 7.24. The van der Waals surface area contributed by atoms with Crippen molar-refractivity contribution in [2.75, 3.05) is 5.32 Å². The molecule has 23 heavy (non-hydrogen) atoms. The Balaban J connectivity index is 1.77. The Kier molecular flexibility index (Phi) is 4.08. The molecule has 1 aliphatic carbocycles. The highest BCUT2D eigenvalue weighted by molar-refractivity contribution is 7.14. The van der Waals surface area contributed by atoms with Crippen LogP contribution in [0, 0.1) is 18.3 Å². The predicted molar refractivity (Wildman–Crippen MR) is 95.2 cm³/mol. The Morgan fingerprint density at radius 3 is 2.74 bits per heavy atom. The van der Waals surface area contributed by atoms with E-state index in [1.54, 1.807) is 16.0 Å². The van der Waals surface area contributed by atoms with Crippen molar-refractivity contribution in [1.29, 1.82) is 0 Å². The number of hydrogen-bond donors (Lipinski definition) is 1. The summed E-state index contributed by atoms with van der Waals surface area (Å²) < 4.78 is 1.70. The lowest BCUT2D eigenvalue weighted by atomic mass is 9.72. The molecular formula is C18H25N3OS. The van der Waals surface area contributed by atoms with Crippen molar-refractivity contribution < 1.29 is 4.79 Å². The summed E-state index contributed by atoms with van der Waals surface area (Å²) in [6.45, 7) is 8.86. The number of aryl methyl sites for hydroxylation is 3. The molecule has 0 spiro atoms. The topological polar surface area (TPSA) is 46.9 Å². The number of carbonyl (C=O) groups is 1. The van der Waals surface area contributed by atoms with Gasteiger partial charge in [0.05, 0.1) is 10.6 Å². The van der Waals surface area contributed by atoms with E-state index in [1.165, 1.54) is 16.9 Å². The molecule has 1 amide bonds. The second kappa shape index (κ2) is 5.78. The van der Waals surface area contributed by atoms with Crippen LogP contribution in [0.25, 0.3) is 0 Å². The zero-order valence-electron chi connectivity index (χ0n) is 14.6. The molecule has 1 aliphatic rings. The number of carbonyl (C=O) groups excluding carboxylic acids is 1. The zero-order valence-corrected chi connectivity index (χ0v) is 15.4. The van der Waals surface area contributed by atoms with Crippen molar-refractivity contribution in [2.45, 2.75) is 47.0 Å². The van der Waals surface area contributed by atoms with E-state index in [9.17, 15) is 4.79 Å². The lowest BCUT2D eigenvalue weighted by molar-refractivity contribution is 0.102. The maximum atomic E-state index is 12.5. The lowest BCUT2D eigenvalue weighted by Crippen LogP contribution is -2.26. The van der Waals surface area contributed by atoms with E-state index in [0.29, 0.717) is 11.3 Å². The van der Waals surface area contributed by atoms with Gasteiger partial charge < -0.3 is 5.32 Å². The van der Waals surface area contributed by atoms with Gasteiger partial charge in [-0.3, -0.25) is 9.48 Å². The van der Waals surface area contributed by atoms with E-state index >= 15 is 0 Å². The van der Waals surface area contributed by atoms with Gasteiger partial charge >= 0.3 is 0 Å². The Bertz CT molecular complexity index is 736. The number of fused-ring (bicyclic) bond motifs is 1. The number of thiophene rings is 1. The Morgan fingerprint density at radius 2 is 2.13 bits per heavy atom. The standard InChI is InChI=1S/C18H25N3OS/c1-11-8-16(21(5)20-11)19-17(22)15-10-12-9-13(18(2,3)4)6-7-14(12)23-15/h8,10,13H,6-7,9H2,1-5H3,(H,19,22). The Morgan fingerprint density at radius 1 is 1.39 bits per heavy atom. The summed E-state index contributed by atoms with van der Waals surface area (Å²) in [5.41, 5.74) is 2.60. The third-order valence-electron chi connectivity index (χ3n) is 4.77. The minimum atomic E-state index is -0.0280. The van der Waals surface area contributed by atoms with Crippen molar-refractivity contribution in [2.24, 2.45) is 18.4 Å². The number of hydrogen-bond acceptors (Lipinski definition) is 3. The third kappa shape index (κ3) is 3.34. The number of nitrogens with one attached hydrogen (secondary N) is 1. The van der Waals surface area contributed by atoms with Crippen molar-refractivity contribution in [3.63, 3.8) is 0 Å². The molecule has 4 nitrogen and oxygen atoms in total. The van der Waals surface area contributed by atoms with E-state index < -0.39 is 0 Å². The summed E-state index contributed by atoms with van der Waals surface area (Å²) in [4.78, 5) is 14.7. The first-order valence-corrected chi connectivity index (χ1v) is 8.99. The molecule has 1 N–H and O–H groups in total. The summed E-state index contributed by atoms with van der Waals surface area (Å²) >= 11 is 1.65. The molecule has 0 saturated carbocycles. The highest BCUT2D eigenvalue weighted by Crippen LogP contribution is 2.40. The molecule has 3 rings (SSSR count). The van der Waals surface area contributed by atoms with Gasteiger partial charge in [-0.1, -0.05) is 20.8 Å². The third-order valence-corrected chi connectivity index (χ3v) is 6.01. The monoisotopic (exact) mass is 331 g/mol. The van der Waals surface area contributed by atoms with E-state index in [-0.39, 0.29) is 5.91 Å². The molecule has 124 valence electrons. The number of amides is 1. The Hall–Kier alpha value is -1.62. The van der Waals surface area contributed by atoms with Gasteiger partial charge in [0.1, 0.15) is 5.82 Å². The second-order valence-electron chi connectivity index (χ2n) is 7.61. The summed E-state index contributed by atoms with van der Waals surface area (Å²) in [7, 11) is 1.84. The molecule has 0 radical (unpaired) electrons. The molecule has 5 heteroatoms. The van der Waals surface area contributed by atoms with Crippen LogP contribution in [0.2, 0.25) is 0 Å². The highest BCUT2D eigenvalue weighted by Gasteiger charge is 2.30. The van der Waals surface area contributed by atoms with Crippen LogP contribution in [0.1, 0.15) is 53.0 Å². The molecular weight excluding hydrogens is 306 g/mol. The van der Waals surface area contributed by atoms with Crippen molar-refractivity contribution in [1.82, 2.24) is 9.78 Å². The molecule has 0 bridgehead atoms. The van der Waals surface area contributed by atoms with Crippen molar-refractivity contribution in [3.05, 3.63) is 33.1 Å². The van der Waals surface area contributed by atoms with Crippen LogP contribution in [0.3, 0.4) is 0 Å². The molecule has 0 fully saturated rings. The van der Waals surface area contributed by atoms with Crippen LogP contribution >= 0.6 is 11.3 Å². The van der Waals surface area contributed by atoms with Gasteiger partial charge in [-0.25, -0.2) is 0 Å². The van der Waals surface area contributed by atoms with Gasteiger partial charge in [0, 0.05) is 18.0 Å². The maximum absolute atomic E-state index is 12.5. The summed E-state index contributed by atoms with van der Waals surface area (Å²) in [6.07, 6.45) is 3.41.